The van der Waals surface area contributed by atoms with Crippen LogP contribution in [0.15, 0.2) is 0 Å². The molecule has 22 heavy (non-hydrogen) atoms. The minimum atomic E-state index is -3.24. The summed E-state index contributed by atoms with van der Waals surface area (Å²) in [6.07, 6.45) is 1.22. The lowest BCUT2D eigenvalue weighted by Crippen LogP contribution is -2.48. The summed E-state index contributed by atoms with van der Waals surface area (Å²) in [5.41, 5.74) is -0.602. The van der Waals surface area contributed by atoms with Crippen molar-refractivity contribution < 1.29 is 13.2 Å². The van der Waals surface area contributed by atoms with Crippen LogP contribution in [0.3, 0.4) is 0 Å². The molecule has 128 valence electrons. The second-order valence-corrected chi connectivity index (χ2v) is 11.2. The molecule has 0 aromatic carbocycles. The molecule has 0 aromatic rings. The zero-order valence-corrected chi connectivity index (χ0v) is 15.4. The smallest absolute Gasteiger partial charge is 0.229 e. The highest BCUT2D eigenvalue weighted by Crippen LogP contribution is 2.40. The van der Waals surface area contributed by atoms with Gasteiger partial charge >= 0.3 is 0 Å². The van der Waals surface area contributed by atoms with Crippen molar-refractivity contribution in [2.75, 3.05) is 44.7 Å². The number of carbonyl (C=O) groups excluding carboxylic acids is 1. The first-order valence-electron chi connectivity index (χ1n) is 7.63. The van der Waals surface area contributed by atoms with Crippen molar-refractivity contribution in [1.82, 2.24) is 14.9 Å². The first kappa shape index (κ1) is 18.0. The van der Waals surface area contributed by atoms with Gasteiger partial charge in [0, 0.05) is 49.1 Å². The molecule has 1 amide bonds. The van der Waals surface area contributed by atoms with E-state index in [1.54, 1.807) is 0 Å². The van der Waals surface area contributed by atoms with E-state index in [0.717, 1.165) is 5.75 Å². The molecule has 0 bridgehead atoms. The van der Waals surface area contributed by atoms with E-state index in [1.165, 1.54) is 10.6 Å². The Morgan fingerprint density at radius 2 is 2.14 bits per heavy atom. The Balaban J connectivity index is 1.95. The van der Waals surface area contributed by atoms with Crippen molar-refractivity contribution in [2.24, 2.45) is 11.3 Å². The van der Waals surface area contributed by atoms with Crippen LogP contribution < -0.4 is 10.6 Å². The average Bonchev–Trinajstić information content (AvgIpc) is 2.89. The molecule has 2 aliphatic rings. The summed E-state index contributed by atoms with van der Waals surface area (Å²) in [5, 5.41) is 6.26. The van der Waals surface area contributed by atoms with Gasteiger partial charge in [0.25, 0.3) is 0 Å². The Morgan fingerprint density at radius 1 is 1.45 bits per heavy atom. The number of amides is 1. The number of hydrogen-bond donors (Lipinski definition) is 2. The highest BCUT2D eigenvalue weighted by atomic mass is 32.2. The van der Waals surface area contributed by atoms with Gasteiger partial charge in [0.05, 0.1) is 11.7 Å². The van der Waals surface area contributed by atoms with Gasteiger partial charge in [0.2, 0.25) is 15.9 Å². The van der Waals surface area contributed by atoms with Gasteiger partial charge in [-0.25, -0.2) is 12.7 Å². The number of hydrogen-bond acceptors (Lipinski definition) is 5. The molecule has 8 heteroatoms. The molecule has 6 nitrogen and oxygen atoms in total. The van der Waals surface area contributed by atoms with Crippen molar-refractivity contribution in [1.29, 1.82) is 0 Å². The molecule has 0 saturated carbocycles. The highest BCUT2D eigenvalue weighted by molar-refractivity contribution is 8.00. The SMILES string of the molecule is CC(C)(C)SCCNC(=O)[C@@]12CNC[C@@H]1CN(S(C)(=O)=O)C2. The Labute approximate surface area is 137 Å². The fourth-order valence-electron chi connectivity index (χ4n) is 3.15. The molecule has 2 fully saturated rings. The minimum absolute atomic E-state index is 0.0110. The van der Waals surface area contributed by atoms with Crippen LogP contribution in [0.1, 0.15) is 20.8 Å². The fraction of sp³-hybridized carbons (Fsp3) is 0.929. The normalized spacial score (nSPS) is 29.5. The highest BCUT2D eigenvalue weighted by Gasteiger charge is 2.56. The lowest BCUT2D eigenvalue weighted by atomic mass is 9.80. The second kappa shape index (κ2) is 6.30. The van der Waals surface area contributed by atoms with Crippen LogP contribution in [0, 0.1) is 11.3 Å². The predicted octanol–water partition coefficient (Wildman–Crippen LogP) is 0.115. The van der Waals surface area contributed by atoms with Crippen molar-refractivity contribution >= 4 is 27.7 Å². The maximum atomic E-state index is 12.7. The molecule has 0 spiro atoms. The van der Waals surface area contributed by atoms with Crippen LogP contribution in [0.4, 0.5) is 0 Å². The lowest BCUT2D eigenvalue weighted by Gasteiger charge is -2.27. The topological polar surface area (TPSA) is 78.5 Å². The van der Waals surface area contributed by atoms with Crippen molar-refractivity contribution in [3.05, 3.63) is 0 Å². The number of thioether (sulfide) groups is 1. The molecule has 2 atom stereocenters. The van der Waals surface area contributed by atoms with E-state index < -0.39 is 15.4 Å². The van der Waals surface area contributed by atoms with Gasteiger partial charge in [-0.1, -0.05) is 20.8 Å². The summed E-state index contributed by atoms with van der Waals surface area (Å²) in [6, 6.07) is 0. The summed E-state index contributed by atoms with van der Waals surface area (Å²) >= 11 is 1.81. The largest absolute Gasteiger partial charge is 0.355 e. The number of fused-ring (bicyclic) bond motifs is 1. The molecule has 2 heterocycles. The minimum Gasteiger partial charge on any atom is -0.355 e. The molecule has 2 aliphatic heterocycles. The number of nitrogens with one attached hydrogen (secondary N) is 2. The van der Waals surface area contributed by atoms with Crippen molar-refractivity contribution in [3.8, 4) is 0 Å². The Morgan fingerprint density at radius 3 is 2.73 bits per heavy atom. The van der Waals surface area contributed by atoms with Gasteiger partial charge in [0.1, 0.15) is 0 Å². The van der Waals surface area contributed by atoms with E-state index in [0.29, 0.717) is 32.7 Å². The Kier molecular flexibility index (Phi) is 5.16. The van der Waals surface area contributed by atoms with E-state index in [4.69, 9.17) is 0 Å². The first-order valence-corrected chi connectivity index (χ1v) is 10.5. The van der Waals surface area contributed by atoms with E-state index >= 15 is 0 Å². The standard InChI is InChI=1S/C14H27N3O3S2/c1-13(2,3)21-6-5-16-12(18)14-9-15-7-11(14)8-17(10-14)22(4,19)20/h11,15H,5-10H2,1-4H3,(H,16,18)/t11-,14-/m1/s1. The van der Waals surface area contributed by atoms with Crippen LogP contribution in [0.2, 0.25) is 0 Å². The monoisotopic (exact) mass is 349 g/mol. The zero-order chi connectivity index (χ0) is 16.6. The molecule has 0 aliphatic carbocycles. The van der Waals surface area contributed by atoms with Crippen LogP contribution in [0.25, 0.3) is 0 Å². The second-order valence-electron chi connectivity index (χ2n) is 7.26. The third-order valence-electron chi connectivity index (χ3n) is 4.34. The van der Waals surface area contributed by atoms with Gasteiger partial charge < -0.3 is 10.6 Å². The number of carbonyl (C=O) groups is 1. The maximum Gasteiger partial charge on any atom is 0.229 e. The van der Waals surface area contributed by atoms with Crippen LogP contribution in [0.5, 0.6) is 0 Å². The molecule has 0 aromatic heterocycles. The quantitative estimate of drug-likeness (QED) is 0.689. The summed E-state index contributed by atoms with van der Waals surface area (Å²) < 4.78 is 25.2. The Bertz CT molecular complexity index is 530. The third kappa shape index (κ3) is 3.96. The number of nitrogens with zero attached hydrogens (tertiary/aromatic N) is 1. The zero-order valence-electron chi connectivity index (χ0n) is 13.8. The molecular formula is C14H27N3O3S2. The maximum absolute atomic E-state index is 12.7. The van der Waals surface area contributed by atoms with Gasteiger partial charge in [-0.2, -0.15) is 11.8 Å². The Hall–Kier alpha value is -0.310. The van der Waals surface area contributed by atoms with Crippen LogP contribution in [-0.4, -0.2) is 68.1 Å². The van der Waals surface area contributed by atoms with Crippen LogP contribution >= 0.6 is 11.8 Å². The summed E-state index contributed by atoms with van der Waals surface area (Å²) in [6.45, 7) is 9.06. The van der Waals surface area contributed by atoms with Gasteiger partial charge in [-0.3, -0.25) is 4.79 Å². The molecule has 2 rings (SSSR count). The van der Waals surface area contributed by atoms with E-state index in [9.17, 15) is 13.2 Å². The van der Waals surface area contributed by atoms with Crippen molar-refractivity contribution in [2.45, 2.75) is 25.5 Å². The number of rotatable bonds is 5. The fourth-order valence-corrected chi connectivity index (χ4v) is 4.88. The first-order chi connectivity index (χ1) is 10.0. The van der Waals surface area contributed by atoms with Gasteiger partial charge in [0.15, 0.2) is 0 Å². The predicted molar refractivity (Wildman–Crippen MR) is 90.4 cm³/mol. The van der Waals surface area contributed by atoms with Crippen LogP contribution in [-0.2, 0) is 14.8 Å². The van der Waals surface area contributed by atoms with E-state index in [2.05, 4.69) is 31.4 Å². The van der Waals surface area contributed by atoms with E-state index in [1.807, 2.05) is 11.8 Å². The molecule has 0 unspecified atom stereocenters. The van der Waals surface area contributed by atoms with Gasteiger partial charge in [-0.05, 0) is 0 Å². The molecule has 2 saturated heterocycles. The lowest BCUT2D eigenvalue weighted by molar-refractivity contribution is -0.130. The molecule has 0 radical (unpaired) electrons. The average molecular weight is 350 g/mol. The summed E-state index contributed by atoms with van der Waals surface area (Å²) in [4.78, 5) is 12.7. The summed E-state index contributed by atoms with van der Waals surface area (Å²) in [7, 11) is -3.24. The van der Waals surface area contributed by atoms with E-state index in [-0.39, 0.29) is 16.6 Å². The molecular weight excluding hydrogens is 322 g/mol. The third-order valence-corrected chi connectivity index (χ3v) is 6.83. The summed E-state index contributed by atoms with van der Waals surface area (Å²) in [5.74, 6) is 0.916. The number of sulfonamides is 1. The molecule has 2 N–H and O–H groups in total. The van der Waals surface area contributed by atoms with Crippen molar-refractivity contribution in [3.63, 3.8) is 0 Å². The van der Waals surface area contributed by atoms with Gasteiger partial charge in [-0.15, -0.1) is 0 Å².